The fraction of sp³-hybridized carbons (Fsp3) is 1.00. The summed E-state index contributed by atoms with van der Waals surface area (Å²) in [7, 11) is 4.13. The molecule has 18 heavy (non-hydrogen) atoms. The van der Waals surface area contributed by atoms with Crippen molar-refractivity contribution in [3.05, 3.63) is 0 Å². The Morgan fingerprint density at radius 2 is 0.833 bits per heavy atom. The van der Waals surface area contributed by atoms with Gasteiger partial charge in [-0.1, -0.05) is 52.4 Å². The summed E-state index contributed by atoms with van der Waals surface area (Å²) in [6.07, 6.45) is 14.3. The topological polar surface area (TPSA) is 24.1 Å². The molecule has 0 spiro atoms. The standard InChI is InChI=1S/2C7H15N.C2H6/c2*1-8-7-5-3-2-4-6-7;1-2/h2*7-8H,2-6H2,1H3;1-2H3. The van der Waals surface area contributed by atoms with E-state index in [0.717, 1.165) is 12.1 Å². The summed E-state index contributed by atoms with van der Waals surface area (Å²) in [6.45, 7) is 4.00. The van der Waals surface area contributed by atoms with Gasteiger partial charge in [0.05, 0.1) is 0 Å². The highest BCUT2D eigenvalue weighted by molar-refractivity contribution is 4.69. The normalized spacial score (nSPS) is 21.3. The molecule has 2 N–H and O–H groups in total. The van der Waals surface area contributed by atoms with E-state index in [1.807, 2.05) is 13.8 Å². The van der Waals surface area contributed by atoms with Crippen molar-refractivity contribution < 1.29 is 0 Å². The lowest BCUT2D eigenvalue weighted by molar-refractivity contribution is 0.394. The highest BCUT2D eigenvalue weighted by Gasteiger charge is 2.09. The number of rotatable bonds is 2. The molecule has 0 unspecified atom stereocenters. The van der Waals surface area contributed by atoms with Crippen LogP contribution in [0.3, 0.4) is 0 Å². The zero-order valence-electron chi connectivity index (χ0n) is 13.2. The highest BCUT2D eigenvalue weighted by Crippen LogP contribution is 2.17. The van der Waals surface area contributed by atoms with Crippen molar-refractivity contribution in [2.75, 3.05) is 14.1 Å². The van der Waals surface area contributed by atoms with E-state index in [4.69, 9.17) is 0 Å². The van der Waals surface area contributed by atoms with Crippen LogP contribution in [0.15, 0.2) is 0 Å². The van der Waals surface area contributed by atoms with Crippen molar-refractivity contribution in [2.24, 2.45) is 0 Å². The van der Waals surface area contributed by atoms with Gasteiger partial charge in [-0.05, 0) is 39.8 Å². The third kappa shape index (κ3) is 8.93. The molecule has 0 amide bonds. The minimum atomic E-state index is 0.837. The summed E-state index contributed by atoms with van der Waals surface area (Å²) in [5, 5.41) is 6.61. The molecule has 2 rings (SSSR count). The lowest BCUT2D eigenvalue weighted by Gasteiger charge is -2.20. The fourth-order valence-electron chi connectivity index (χ4n) is 2.78. The molecule has 0 aromatic heterocycles. The van der Waals surface area contributed by atoms with E-state index in [1.54, 1.807) is 0 Å². The Labute approximate surface area is 115 Å². The molecule has 2 fully saturated rings. The van der Waals surface area contributed by atoms with Gasteiger partial charge in [-0.25, -0.2) is 0 Å². The molecule has 0 saturated heterocycles. The average molecular weight is 256 g/mol. The van der Waals surface area contributed by atoms with Crippen LogP contribution in [0.1, 0.15) is 78.1 Å². The first-order valence-electron chi connectivity index (χ1n) is 8.21. The van der Waals surface area contributed by atoms with Crippen LogP contribution in [-0.4, -0.2) is 26.2 Å². The van der Waals surface area contributed by atoms with Gasteiger partial charge in [0.2, 0.25) is 0 Å². The van der Waals surface area contributed by atoms with Gasteiger partial charge in [-0.3, -0.25) is 0 Å². The maximum atomic E-state index is 3.30. The van der Waals surface area contributed by atoms with Crippen molar-refractivity contribution >= 4 is 0 Å². The number of hydrogen-bond acceptors (Lipinski definition) is 2. The molecule has 2 saturated carbocycles. The Hall–Kier alpha value is -0.0800. The van der Waals surface area contributed by atoms with Crippen LogP contribution >= 0.6 is 0 Å². The summed E-state index contributed by atoms with van der Waals surface area (Å²) in [5.74, 6) is 0. The van der Waals surface area contributed by atoms with Crippen LogP contribution in [0.5, 0.6) is 0 Å². The zero-order chi connectivity index (χ0) is 13.6. The molecule has 2 aliphatic carbocycles. The molecule has 2 heteroatoms. The quantitative estimate of drug-likeness (QED) is 0.777. The molecule has 0 bridgehead atoms. The van der Waals surface area contributed by atoms with Crippen LogP contribution in [-0.2, 0) is 0 Å². The van der Waals surface area contributed by atoms with Crippen molar-refractivity contribution in [3.63, 3.8) is 0 Å². The van der Waals surface area contributed by atoms with Gasteiger partial charge in [-0.15, -0.1) is 0 Å². The van der Waals surface area contributed by atoms with E-state index in [-0.39, 0.29) is 0 Å². The highest BCUT2D eigenvalue weighted by atomic mass is 14.9. The molecule has 2 aliphatic rings. The minimum Gasteiger partial charge on any atom is -0.317 e. The first-order chi connectivity index (χ1) is 8.86. The fourth-order valence-corrected chi connectivity index (χ4v) is 2.78. The predicted octanol–water partition coefficient (Wildman–Crippen LogP) is 4.10. The molecule has 2 nitrogen and oxygen atoms in total. The molecule has 0 aliphatic heterocycles. The average Bonchev–Trinajstić information content (AvgIpc) is 2.51. The van der Waals surface area contributed by atoms with Gasteiger partial charge in [0.15, 0.2) is 0 Å². The summed E-state index contributed by atoms with van der Waals surface area (Å²) in [5.41, 5.74) is 0. The molecule has 0 atom stereocenters. The number of hydrogen-bond donors (Lipinski definition) is 2. The third-order valence-electron chi connectivity index (χ3n) is 4.03. The van der Waals surface area contributed by atoms with Gasteiger partial charge in [0.1, 0.15) is 0 Å². The van der Waals surface area contributed by atoms with Crippen LogP contribution in [0.2, 0.25) is 0 Å². The van der Waals surface area contributed by atoms with Gasteiger partial charge in [0.25, 0.3) is 0 Å². The van der Waals surface area contributed by atoms with Gasteiger partial charge >= 0.3 is 0 Å². The maximum absolute atomic E-state index is 3.30. The second-order valence-electron chi connectivity index (χ2n) is 5.25. The van der Waals surface area contributed by atoms with Crippen LogP contribution in [0.4, 0.5) is 0 Å². The largest absolute Gasteiger partial charge is 0.317 e. The first-order valence-corrected chi connectivity index (χ1v) is 8.21. The summed E-state index contributed by atoms with van der Waals surface area (Å²) >= 11 is 0. The van der Waals surface area contributed by atoms with E-state index in [2.05, 4.69) is 24.7 Å². The smallest absolute Gasteiger partial charge is 0.00640 e. The van der Waals surface area contributed by atoms with E-state index in [1.165, 1.54) is 64.2 Å². The van der Waals surface area contributed by atoms with Crippen molar-refractivity contribution in [2.45, 2.75) is 90.1 Å². The summed E-state index contributed by atoms with van der Waals surface area (Å²) in [4.78, 5) is 0. The Morgan fingerprint density at radius 1 is 0.556 bits per heavy atom. The van der Waals surface area contributed by atoms with Crippen LogP contribution in [0.25, 0.3) is 0 Å². The Bertz CT molecular complexity index is 129. The second-order valence-corrected chi connectivity index (χ2v) is 5.25. The van der Waals surface area contributed by atoms with E-state index in [0.29, 0.717) is 0 Å². The molecule has 0 aromatic rings. The third-order valence-corrected chi connectivity index (χ3v) is 4.03. The van der Waals surface area contributed by atoms with Gasteiger partial charge in [-0.2, -0.15) is 0 Å². The lowest BCUT2D eigenvalue weighted by Crippen LogP contribution is -2.26. The second kappa shape index (κ2) is 13.4. The molecular weight excluding hydrogens is 220 g/mol. The van der Waals surface area contributed by atoms with E-state index >= 15 is 0 Å². The van der Waals surface area contributed by atoms with Gasteiger partial charge < -0.3 is 10.6 Å². The summed E-state index contributed by atoms with van der Waals surface area (Å²) < 4.78 is 0. The predicted molar refractivity (Wildman–Crippen MR) is 83.2 cm³/mol. The minimum absolute atomic E-state index is 0.837. The molecule has 0 heterocycles. The Kier molecular flexibility index (Phi) is 13.3. The molecule has 0 aromatic carbocycles. The van der Waals surface area contributed by atoms with Gasteiger partial charge in [0, 0.05) is 12.1 Å². The molecule has 110 valence electrons. The van der Waals surface area contributed by atoms with E-state index < -0.39 is 0 Å². The van der Waals surface area contributed by atoms with Crippen LogP contribution in [0, 0.1) is 0 Å². The van der Waals surface area contributed by atoms with Crippen molar-refractivity contribution in [3.8, 4) is 0 Å². The van der Waals surface area contributed by atoms with Crippen LogP contribution < -0.4 is 10.6 Å². The Morgan fingerprint density at radius 3 is 1.00 bits per heavy atom. The maximum Gasteiger partial charge on any atom is 0.00640 e. The molecular formula is C16H36N2. The number of nitrogens with one attached hydrogen (secondary N) is 2. The Balaban J connectivity index is 0.000000283. The van der Waals surface area contributed by atoms with Crippen molar-refractivity contribution in [1.82, 2.24) is 10.6 Å². The molecule has 0 radical (unpaired) electrons. The summed E-state index contributed by atoms with van der Waals surface area (Å²) in [6, 6.07) is 1.67. The SMILES string of the molecule is CC.CNC1CCCCC1.CNC1CCCCC1. The van der Waals surface area contributed by atoms with Crippen molar-refractivity contribution in [1.29, 1.82) is 0 Å². The first kappa shape index (κ1) is 17.9. The zero-order valence-corrected chi connectivity index (χ0v) is 13.2. The lowest BCUT2D eigenvalue weighted by atomic mass is 9.96. The van der Waals surface area contributed by atoms with E-state index in [9.17, 15) is 0 Å². The monoisotopic (exact) mass is 256 g/mol.